The molecular weight excluding hydrogens is 483 g/mol. The summed E-state index contributed by atoms with van der Waals surface area (Å²) in [4.78, 5) is 28.3. The molecule has 2 saturated heterocycles. The van der Waals surface area contributed by atoms with Gasteiger partial charge >= 0.3 is 0 Å². The first-order chi connectivity index (χ1) is 17.1. The molecule has 3 aliphatic rings. The summed E-state index contributed by atoms with van der Waals surface area (Å²) in [7, 11) is 0. The number of carbonyl (C=O) groups excluding carboxylic acids is 2. The molecule has 3 N–H and O–H groups in total. The SMILES string of the molecule is O=C(NC(CSCC1CCCCC1)C(=O)NC1CCN(Cc2ccc(F)cc2)CC1)C1CSCN1. The molecule has 2 heterocycles. The molecule has 2 amide bonds. The molecule has 35 heavy (non-hydrogen) atoms. The standard InChI is InChI=1S/C26H39FN4O2S2/c27-21-8-6-19(7-9-21)14-31-12-10-22(11-13-31)29-26(33)24(30-25(32)23-16-35-18-28-23)17-34-15-20-4-2-1-3-5-20/h6-9,20,22-24,28H,1-5,10-18H2,(H,29,33)(H,30,32). The number of likely N-dealkylation sites (tertiary alicyclic amines) is 1. The zero-order valence-electron chi connectivity index (χ0n) is 20.5. The quantitative estimate of drug-likeness (QED) is 0.438. The lowest BCUT2D eigenvalue weighted by Crippen LogP contribution is -2.55. The Morgan fingerprint density at radius 1 is 1.11 bits per heavy atom. The average Bonchev–Trinajstić information content (AvgIpc) is 3.42. The van der Waals surface area contributed by atoms with Crippen LogP contribution in [0.5, 0.6) is 0 Å². The van der Waals surface area contributed by atoms with Crippen molar-refractivity contribution in [3.05, 3.63) is 35.6 Å². The molecule has 3 fully saturated rings. The smallest absolute Gasteiger partial charge is 0.243 e. The number of benzene rings is 1. The predicted molar refractivity (Wildman–Crippen MR) is 143 cm³/mol. The van der Waals surface area contributed by atoms with Gasteiger partial charge in [-0.25, -0.2) is 4.39 Å². The number of halogens is 1. The van der Waals surface area contributed by atoms with Crippen molar-refractivity contribution in [3.8, 4) is 0 Å². The van der Waals surface area contributed by atoms with Gasteiger partial charge in [0.05, 0.1) is 6.04 Å². The lowest BCUT2D eigenvalue weighted by atomic mass is 9.91. The van der Waals surface area contributed by atoms with E-state index >= 15 is 0 Å². The largest absolute Gasteiger partial charge is 0.351 e. The van der Waals surface area contributed by atoms with E-state index in [9.17, 15) is 14.0 Å². The number of nitrogens with zero attached hydrogens (tertiary/aromatic N) is 1. The summed E-state index contributed by atoms with van der Waals surface area (Å²) < 4.78 is 13.2. The van der Waals surface area contributed by atoms with Crippen LogP contribution in [0.1, 0.15) is 50.5 Å². The van der Waals surface area contributed by atoms with Gasteiger partial charge in [-0.15, -0.1) is 11.8 Å². The Balaban J connectivity index is 1.24. The van der Waals surface area contributed by atoms with Crippen molar-refractivity contribution in [2.45, 2.75) is 69.6 Å². The number of nitrogens with one attached hydrogen (secondary N) is 3. The van der Waals surface area contributed by atoms with Crippen LogP contribution >= 0.6 is 23.5 Å². The van der Waals surface area contributed by atoms with E-state index in [0.717, 1.165) is 61.3 Å². The van der Waals surface area contributed by atoms with Crippen LogP contribution in [0.2, 0.25) is 0 Å². The zero-order valence-corrected chi connectivity index (χ0v) is 22.1. The van der Waals surface area contributed by atoms with Gasteiger partial charge in [-0.2, -0.15) is 11.8 Å². The highest BCUT2D eigenvalue weighted by Crippen LogP contribution is 2.27. The first-order valence-electron chi connectivity index (χ1n) is 13.0. The van der Waals surface area contributed by atoms with Gasteiger partial charge in [-0.3, -0.25) is 19.8 Å². The molecule has 2 atom stereocenters. The van der Waals surface area contributed by atoms with Gasteiger partial charge in [-0.1, -0.05) is 31.4 Å². The molecule has 9 heteroatoms. The number of rotatable bonds is 10. The fraction of sp³-hybridized carbons (Fsp3) is 0.692. The molecule has 4 rings (SSSR count). The first kappa shape index (κ1) is 26.8. The molecule has 6 nitrogen and oxygen atoms in total. The van der Waals surface area contributed by atoms with Crippen LogP contribution < -0.4 is 16.0 Å². The van der Waals surface area contributed by atoms with Crippen molar-refractivity contribution in [1.82, 2.24) is 20.9 Å². The molecule has 194 valence electrons. The van der Waals surface area contributed by atoms with Crippen LogP contribution in [0.15, 0.2) is 24.3 Å². The van der Waals surface area contributed by atoms with Gasteiger partial charge in [0.25, 0.3) is 0 Å². The summed E-state index contributed by atoms with van der Waals surface area (Å²) in [5.41, 5.74) is 1.10. The second-order valence-electron chi connectivity index (χ2n) is 10.1. The minimum absolute atomic E-state index is 0.0582. The number of carbonyl (C=O) groups is 2. The Labute approximate surface area is 217 Å². The third kappa shape index (κ3) is 8.65. The van der Waals surface area contributed by atoms with Gasteiger partial charge < -0.3 is 10.6 Å². The maximum absolute atomic E-state index is 13.2. The van der Waals surface area contributed by atoms with Gasteiger partial charge in [0.1, 0.15) is 11.9 Å². The molecule has 1 aromatic carbocycles. The number of amides is 2. The Kier molecular flexibility index (Phi) is 10.6. The van der Waals surface area contributed by atoms with Crippen molar-refractivity contribution in [3.63, 3.8) is 0 Å². The normalized spacial score (nSPS) is 23.2. The van der Waals surface area contributed by atoms with Gasteiger partial charge in [0, 0.05) is 43.1 Å². The van der Waals surface area contributed by atoms with E-state index in [1.807, 2.05) is 23.9 Å². The van der Waals surface area contributed by atoms with Crippen LogP contribution in [0, 0.1) is 11.7 Å². The Bertz CT molecular complexity index is 808. The maximum atomic E-state index is 13.2. The van der Waals surface area contributed by atoms with Crippen LogP contribution in [-0.4, -0.2) is 71.1 Å². The van der Waals surface area contributed by atoms with Crippen LogP contribution in [0.25, 0.3) is 0 Å². The van der Waals surface area contributed by atoms with Crippen molar-refractivity contribution in [2.75, 3.05) is 36.2 Å². The molecule has 0 aromatic heterocycles. The molecule has 0 radical (unpaired) electrons. The highest BCUT2D eigenvalue weighted by atomic mass is 32.2. The molecule has 1 aromatic rings. The summed E-state index contributed by atoms with van der Waals surface area (Å²) in [5, 5.41) is 9.47. The lowest BCUT2D eigenvalue weighted by Gasteiger charge is -2.33. The highest BCUT2D eigenvalue weighted by Gasteiger charge is 2.30. The molecular formula is C26H39FN4O2S2. The van der Waals surface area contributed by atoms with Crippen LogP contribution in [0.4, 0.5) is 4.39 Å². The van der Waals surface area contributed by atoms with Crippen molar-refractivity contribution in [1.29, 1.82) is 0 Å². The van der Waals surface area contributed by atoms with E-state index in [4.69, 9.17) is 0 Å². The van der Waals surface area contributed by atoms with Crippen molar-refractivity contribution < 1.29 is 14.0 Å². The predicted octanol–water partition coefficient (Wildman–Crippen LogP) is 3.37. The van der Waals surface area contributed by atoms with E-state index in [1.54, 1.807) is 11.8 Å². The Hall–Kier alpha value is -1.29. The van der Waals surface area contributed by atoms with Crippen LogP contribution in [0.3, 0.4) is 0 Å². The van der Waals surface area contributed by atoms with Crippen molar-refractivity contribution in [2.24, 2.45) is 5.92 Å². The first-order valence-corrected chi connectivity index (χ1v) is 15.3. The number of thioether (sulfide) groups is 2. The second-order valence-corrected chi connectivity index (χ2v) is 12.2. The van der Waals surface area contributed by atoms with Gasteiger partial charge in [-0.05, 0) is 55.1 Å². The number of piperidine rings is 1. The van der Waals surface area contributed by atoms with E-state index < -0.39 is 6.04 Å². The van der Waals surface area contributed by atoms with E-state index in [0.29, 0.717) is 5.75 Å². The topological polar surface area (TPSA) is 73.5 Å². The van der Waals surface area contributed by atoms with E-state index in [-0.39, 0.29) is 29.7 Å². The molecule has 1 aliphatic carbocycles. The summed E-state index contributed by atoms with van der Waals surface area (Å²) >= 11 is 3.52. The highest BCUT2D eigenvalue weighted by molar-refractivity contribution is 7.99. The Morgan fingerprint density at radius 3 is 2.54 bits per heavy atom. The minimum atomic E-state index is -0.499. The fourth-order valence-corrected chi connectivity index (χ4v) is 7.33. The van der Waals surface area contributed by atoms with Gasteiger partial charge in [0.2, 0.25) is 11.8 Å². The molecule has 2 unspecified atom stereocenters. The molecule has 0 spiro atoms. The third-order valence-electron chi connectivity index (χ3n) is 7.28. The summed E-state index contributed by atoms with van der Waals surface area (Å²) in [6.07, 6.45) is 8.31. The van der Waals surface area contributed by atoms with Gasteiger partial charge in [0.15, 0.2) is 0 Å². The number of hydrogen-bond donors (Lipinski definition) is 3. The summed E-state index contributed by atoms with van der Waals surface area (Å²) in [6.45, 7) is 2.57. The van der Waals surface area contributed by atoms with Crippen molar-refractivity contribution >= 4 is 35.3 Å². The number of hydrogen-bond acceptors (Lipinski definition) is 6. The molecule has 2 aliphatic heterocycles. The maximum Gasteiger partial charge on any atom is 0.243 e. The molecule has 0 bridgehead atoms. The van der Waals surface area contributed by atoms with Crippen LogP contribution in [-0.2, 0) is 16.1 Å². The zero-order chi connectivity index (χ0) is 24.5. The average molecular weight is 523 g/mol. The Morgan fingerprint density at radius 2 is 1.86 bits per heavy atom. The summed E-state index contributed by atoms with van der Waals surface area (Å²) in [5.74, 6) is 3.63. The van der Waals surface area contributed by atoms with E-state index in [1.165, 1.54) is 44.2 Å². The molecule has 1 saturated carbocycles. The third-order valence-corrected chi connectivity index (χ3v) is 9.50. The summed E-state index contributed by atoms with van der Waals surface area (Å²) in [6, 6.07) is 6.08. The monoisotopic (exact) mass is 522 g/mol. The minimum Gasteiger partial charge on any atom is -0.351 e. The van der Waals surface area contributed by atoms with E-state index in [2.05, 4.69) is 20.9 Å². The lowest BCUT2D eigenvalue weighted by molar-refractivity contribution is -0.129. The fourth-order valence-electron chi connectivity index (χ4n) is 5.11. The second kappa shape index (κ2) is 13.9.